The van der Waals surface area contributed by atoms with Crippen molar-refractivity contribution in [2.45, 2.75) is 33.1 Å². The summed E-state index contributed by atoms with van der Waals surface area (Å²) in [5.41, 5.74) is 0. The van der Waals surface area contributed by atoms with Crippen LogP contribution >= 0.6 is 0 Å². The molecule has 15 heavy (non-hydrogen) atoms. The van der Waals surface area contributed by atoms with Crippen LogP contribution in [0.5, 0.6) is 0 Å². The van der Waals surface area contributed by atoms with Gasteiger partial charge in [0.2, 0.25) is 5.91 Å². The summed E-state index contributed by atoms with van der Waals surface area (Å²) < 4.78 is 0. The van der Waals surface area contributed by atoms with Crippen LogP contribution in [0.3, 0.4) is 0 Å². The van der Waals surface area contributed by atoms with E-state index < -0.39 is 0 Å². The number of rotatable bonds is 4. The number of carbonyl (C=O) groups is 1. The van der Waals surface area contributed by atoms with Gasteiger partial charge in [0.1, 0.15) is 0 Å². The van der Waals surface area contributed by atoms with Crippen LogP contribution in [0.4, 0.5) is 0 Å². The van der Waals surface area contributed by atoms with Crippen molar-refractivity contribution in [1.29, 1.82) is 0 Å². The zero-order valence-electron chi connectivity index (χ0n) is 10.3. The highest BCUT2D eigenvalue weighted by Gasteiger charge is 2.24. The van der Waals surface area contributed by atoms with Crippen molar-refractivity contribution in [1.82, 2.24) is 10.2 Å². The number of carbonyl (C=O) groups excluding carboxylic acids is 1. The highest BCUT2D eigenvalue weighted by molar-refractivity contribution is 5.78. The smallest absolute Gasteiger partial charge is 0.225 e. The second-order valence-electron chi connectivity index (χ2n) is 4.64. The third-order valence-corrected chi connectivity index (χ3v) is 3.45. The van der Waals surface area contributed by atoms with Crippen LogP contribution < -0.4 is 5.32 Å². The second-order valence-corrected chi connectivity index (χ2v) is 4.64. The average molecular weight is 212 g/mol. The Hall–Kier alpha value is -0.570. The van der Waals surface area contributed by atoms with Gasteiger partial charge in [-0.3, -0.25) is 4.79 Å². The van der Waals surface area contributed by atoms with Gasteiger partial charge in [0, 0.05) is 19.0 Å². The van der Waals surface area contributed by atoms with E-state index in [1.807, 2.05) is 18.9 Å². The summed E-state index contributed by atoms with van der Waals surface area (Å²) in [4.78, 5) is 13.9. The number of hydrogen-bond donors (Lipinski definition) is 1. The molecule has 0 aromatic rings. The maximum Gasteiger partial charge on any atom is 0.225 e. The molecule has 0 radical (unpaired) electrons. The van der Waals surface area contributed by atoms with Crippen LogP contribution in [0, 0.1) is 11.8 Å². The lowest BCUT2D eigenvalue weighted by molar-refractivity contribution is -0.136. The number of nitrogens with zero attached hydrogens (tertiary/aromatic N) is 1. The largest absolute Gasteiger partial charge is 0.342 e. The third kappa shape index (κ3) is 3.49. The molecule has 1 rings (SSSR count). The lowest BCUT2D eigenvalue weighted by atomic mass is 9.95. The third-order valence-electron chi connectivity index (χ3n) is 3.45. The molecule has 1 amide bonds. The van der Waals surface area contributed by atoms with E-state index >= 15 is 0 Å². The maximum absolute atomic E-state index is 11.9. The van der Waals surface area contributed by atoms with Crippen molar-refractivity contribution in [2.75, 3.05) is 26.7 Å². The molecule has 1 heterocycles. The van der Waals surface area contributed by atoms with E-state index in [4.69, 9.17) is 0 Å². The van der Waals surface area contributed by atoms with Gasteiger partial charge in [-0.25, -0.2) is 0 Å². The zero-order valence-corrected chi connectivity index (χ0v) is 10.3. The fourth-order valence-electron chi connectivity index (χ4n) is 2.13. The first-order valence-corrected chi connectivity index (χ1v) is 6.12. The number of piperidine rings is 1. The van der Waals surface area contributed by atoms with Crippen LogP contribution in [0.1, 0.15) is 33.1 Å². The van der Waals surface area contributed by atoms with Gasteiger partial charge < -0.3 is 10.2 Å². The van der Waals surface area contributed by atoms with Crippen LogP contribution in [-0.2, 0) is 4.79 Å². The first-order valence-electron chi connectivity index (χ1n) is 6.12. The van der Waals surface area contributed by atoms with E-state index in [0.29, 0.717) is 5.91 Å². The zero-order chi connectivity index (χ0) is 11.3. The molecule has 1 aliphatic heterocycles. The quantitative estimate of drug-likeness (QED) is 0.766. The predicted octanol–water partition coefficient (Wildman–Crippen LogP) is 1.49. The maximum atomic E-state index is 11.9. The lowest BCUT2D eigenvalue weighted by Gasteiger charge is -2.33. The van der Waals surface area contributed by atoms with Crippen molar-refractivity contribution in [3.8, 4) is 0 Å². The van der Waals surface area contributed by atoms with Crippen molar-refractivity contribution in [3.63, 3.8) is 0 Å². The molecule has 3 heteroatoms. The fourth-order valence-corrected chi connectivity index (χ4v) is 2.13. The monoisotopic (exact) mass is 212 g/mol. The Kier molecular flexibility index (Phi) is 5.09. The molecule has 0 spiro atoms. The molecule has 1 atom stereocenters. The first-order chi connectivity index (χ1) is 7.19. The van der Waals surface area contributed by atoms with E-state index in [1.54, 1.807) is 0 Å². The highest BCUT2D eigenvalue weighted by atomic mass is 16.2. The van der Waals surface area contributed by atoms with Crippen molar-refractivity contribution in [2.24, 2.45) is 11.8 Å². The minimum absolute atomic E-state index is 0.200. The minimum atomic E-state index is 0.200. The van der Waals surface area contributed by atoms with E-state index in [-0.39, 0.29) is 5.92 Å². The molecule has 0 aliphatic carbocycles. The Morgan fingerprint density at radius 1 is 1.47 bits per heavy atom. The summed E-state index contributed by atoms with van der Waals surface area (Å²) >= 11 is 0. The van der Waals surface area contributed by atoms with Crippen molar-refractivity contribution < 1.29 is 4.79 Å². The molecule has 1 fully saturated rings. The molecule has 88 valence electrons. The lowest BCUT2D eigenvalue weighted by Crippen LogP contribution is -2.42. The molecular weight excluding hydrogens is 188 g/mol. The van der Waals surface area contributed by atoms with Crippen molar-refractivity contribution >= 4 is 5.91 Å². The van der Waals surface area contributed by atoms with Gasteiger partial charge in [-0.05, 0) is 38.8 Å². The molecular formula is C12H24N2O. The summed E-state index contributed by atoms with van der Waals surface area (Å²) in [6.07, 6.45) is 3.27. The summed E-state index contributed by atoms with van der Waals surface area (Å²) in [6.45, 7) is 7.11. The summed E-state index contributed by atoms with van der Waals surface area (Å²) in [5, 5.41) is 3.21. The topological polar surface area (TPSA) is 32.3 Å². The number of amides is 1. The summed E-state index contributed by atoms with van der Waals surface area (Å²) in [7, 11) is 2.00. The fraction of sp³-hybridized carbons (Fsp3) is 0.917. The molecule has 1 saturated heterocycles. The normalized spacial score (nSPS) is 20.3. The van der Waals surface area contributed by atoms with E-state index in [2.05, 4.69) is 12.2 Å². The summed E-state index contributed by atoms with van der Waals surface area (Å²) in [6, 6.07) is 0. The van der Waals surface area contributed by atoms with Gasteiger partial charge in [0.15, 0.2) is 0 Å². The van der Waals surface area contributed by atoms with Gasteiger partial charge in [0.25, 0.3) is 0 Å². The first kappa shape index (κ1) is 12.5. The number of hydrogen-bond acceptors (Lipinski definition) is 2. The second kappa shape index (κ2) is 6.11. The number of likely N-dealkylation sites (tertiary alicyclic amines) is 1. The van der Waals surface area contributed by atoms with Gasteiger partial charge in [-0.1, -0.05) is 13.8 Å². The van der Waals surface area contributed by atoms with E-state index in [1.165, 1.54) is 0 Å². The molecule has 0 aromatic heterocycles. The van der Waals surface area contributed by atoms with Gasteiger partial charge in [0.05, 0.1) is 0 Å². The van der Waals surface area contributed by atoms with E-state index in [9.17, 15) is 4.79 Å². The molecule has 0 saturated carbocycles. The van der Waals surface area contributed by atoms with Gasteiger partial charge in [-0.2, -0.15) is 0 Å². The molecule has 0 aromatic carbocycles. The van der Waals surface area contributed by atoms with Crippen LogP contribution in [-0.4, -0.2) is 37.5 Å². The predicted molar refractivity (Wildman–Crippen MR) is 62.7 cm³/mol. The van der Waals surface area contributed by atoms with Crippen LogP contribution in [0.25, 0.3) is 0 Å². The van der Waals surface area contributed by atoms with Crippen LogP contribution in [0.2, 0.25) is 0 Å². The molecule has 1 unspecified atom stereocenters. The van der Waals surface area contributed by atoms with Crippen molar-refractivity contribution in [3.05, 3.63) is 0 Å². The average Bonchev–Trinajstić information content (AvgIpc) is 2.28. The Labute approximate surface area is 93.2 Å². The Morgan fingerprint density at radius 3 is 2.53 bits per heavy atom. The summed E-state index contributed by atoms with van der Waals surface area (Å²) in [5.74, 6) is 1.31. The minimum Gasteiger partial charge on any atom is -0.342 e. The van der Waals surface area contributed by atoms with E-state index in [0.717, 1.165) is 44.8 Å². The molecule has 1 N–H and O–H groups in total. The SMILES string of the molecule is CCC(C)C(=O)N1CCC(CNC)CC1. The standard InChI is InChI=1S/C12H24N2O/c1-4-10(2)12(15)14-7-5-11(6-8-14)9-13-3/h10-11,13H,4-9H2,1-3H3. The molecule has 1 aliphatic rings. The Bertz CT molecular complexity index is 198. The van der Waals surface area contributed by atoms with Crippen LogP contribution in [0.15, 0.2) is 0 Å². The highest BCUT2D eigenvalue weighted by Crippen LogP contribution is 2.18. The van der Waals surface area contributed by atoms with Gasteiger partial charge >= 0.3 is 0 Å². The molecule has 3 nitrogen and oxygen atoms in total. The number of nitrogens with one attached hydrogen (secondary N) is 1. The molecule has 0 bridgehead atoms. The Balaban J connectivity index is 2.33. The Morgan fingerprint density at radius 2 is 2.07 bits per heavy atom. The van der Waals surface area contributed by atoms with Gasteiger partial charge in [-0.15, -0.1) is 0 Å².